The standard InChI is InChI=1S/C6H6Cl2N2OS.C4H4N2/c7-5-3-4(12-2-1-11)6(8)10-9-5;1-2-4-6-5-3-1/h3,11H,1-2H2;1-4H. The summed E-state index contributed by atoms with van der Waals surface area (Å²) in [7, 11) is 0. The normalized spacial score (nSPS) is 9.50. The van der Waals surface area contributed by atoms with Gasteiger partial charge in [-0.15, -0.1) is 22.0 Å². The summed E-state index contributed by atoms with van der Waals surface area (Å²) in [6.45, 7) is 0.0982. The molecule has 0 aliphatic rings. The molecule has 0 spiro atoms. The van der Waals surface area contributed by atoms with E-state index in [0.29, 0.717) is 16.1 Å². The third kappa shape index (κ3) is 6.11. The van der Waals surface area contributed by atoms with Gasteiger partial charge in [0.1, 0.15) is 0 Å². The second kappa shape index (κ2) is 9.04. The van der Waals surface area contributed by atoms with E-state index in [4.69, 9.17) is 28.3 Å². The highest BCUT2D eigenvalue weighted by molar-refractivity contribution is 7.99. The number of aliphatic hydroxyl groups excluding tert-OH is 1. The fraction of sp³-hybridized carbons (Fsp3) is 0.200. The van der Waals surface area contributed by atoms with E-state index < -0.39 is 0 Å². The van der Waals surface area contributed by atoms with E-state index in [0.717, 1.165) is 4.90 Å². The molecule has 2 aromatic heterocycles. The molecule has 0 radical (unpaired) electrons. The molecule has 0 fully saturated rings. The molecule has 2 rings (SSSR count). The van der Waals surface area contributed by atoms with Crippen LogP contribution in [0.2, 0.25) is 10.3 Å². The predicted molar refractivity (Wildman–Crippen MR) is 71.9 cm³/mol. The summed E-state index contributed by atoms with van der Waals surface area (Å²) >= 11 is 12.7. The first kappa shape index (κ1) is 15.1. The average molecular weight is 305 g/mol. The Morgan fingerprint density at radius 3 is 2.28 bits per heavy atom. The lowest BCUT2D eigenvalue weighted by atomic mass is 10.6. The van der Waals surface area contributed by atoms with Crippen molar-refractivity contribution in [1.29, 1.82) is 0 Å². The summed E-state index contributed by atoms with van der Waals surface area (Å²) in [5, 5.41) is 23.4. The van der Waals surface area contributed by atoms with Gasteiger partial charge in [0.25, 0.3) is 0 Å². The summed E-state index contributed by atoms with van der Waals surface area (Å²) in [6.07, 6.45) is 3.28. The molecule has 0 bridgehead atoms. The second-order valence-corrected chi connectivity index (χ2v) is 4.69. The molecule has 0 aliphatic heterocycles. The lowest BCUT2D eigenvalue weighted by Gasteiger charge is -2.00. The summed E-state index contributed by atoms with van der Waals surface area (Å²) in [6, 6.07) is 5.28. The minimum atomic E-state index is 0.0982. The van der Waals surface area contributed by atoms with Gasteiger partial charge in [-0.05, 0) is 18.2 Å². The molecule has 0 aliphatic carbocycles. The van der Waals surface area contributed by atoms with Gasteiger partial charge in [-0.3, -0.25) is 0 Å². The SMILES string of the molecule is OCCSc1cc(Cl)nnc1Cl.c1ccnnc1. The van der Waals surface area contributed by atoms with Gasteiger partial charge in [-0.1, -0.05) is 23.2 Å². The maximum atomic E-state index is 8.55. The average Bonchev–Trinajstić information content (AvgIpc) is 2.42. The molecule has 1 N–H and O–H groups in total. The van der Waals surface area contributed by atoms with E-state index in [1.807, 2.05) is 12.1 Å². The Hall–Kier alpha value is -0.950. The zero-order valence-electron chi connectivity index (χ0n) is 9.20. The fourth-order valence-corrected chi connectivity index (χ4v) is 1.98. The van der Waals surface area contributed by atoms with E-state index in [2.05, 4.69) is 20.4 Å². The first-order valence-electron chi connectivity index (χ1n) is 4.88. The van der Waals surface area contributed by atoms with Crippen molar-refractivity contribution in [2.45, 2.75) is 4.90 Å². The van der Waals surface area contributed by atoms with Gasteiger partial charge in [0, 0.05) is 23.0 Å². The third-order valence-electron chi connectivity index (χ3n) is 1.52. The van der Waals surface area contributed by atoms with Crippen molar-refractivity contribution in [3.05, 3.63) is 40.9 Å². The predicted octanol–water partition coefficient (Wildman–Crippen LogP) is 2.34. The van der Waals surface area contributed by atoms with Crippen LogP contribution >= 0.6 is 35.0 Å². The molecule has 0 unspecified atom stereocenters. The molecular weight excluding hydrogens is 295 g/mol. The van der Waals surface area contributed by atoms with Crippen LogP contribution in [0.3, 0.4) is 0 Å². The summed E-state index contributed by atoms with van der Waals surface area (Å²) in [5.74, 6) is 0.571. The Bertz CT molecular complexity index is 434. The van der Waals surface area contributed by atoms with Crippen LogP contribution in [0.25, 0.3) is 0 Å². The Balaban J connectivity index is 0.000000225. The number of thioether (sulfide) groups is 1. The van der Waals surface area contributed by atoms with Crippen LogP contribution in [0.1, 0.15) is 0 Å². The molecule has 0 saturated carbocycles. The monoisotopic (exact) mass is 304 g/mol. The Morgan fingerprint density at radius 1 is 1.11 bits per heavy atom. The maximum Gasteiger partial charge on any atom is 0.165 e. The van der Waals surface area contributed by atoms with Gasteiger partial charge in [-0.25, -0.2) is 0 Å². The van der Waals surface area contributed by atoms with E-state index in [9.17, 15) is 0 Å². The van der Waals surface area contributed by atoms with E-state index in [1.54, 1.807) is 18.5 Å². The van der Waals surface area contributed by atoms with Crippen molar-refractivity contribution >= 4 is 35.0 Å². The molecule has 18 heavy (non-hydrogen) atoms. The topological polar surface area (TPSA) is 71.8 Å². The third-order valence-corrected chi connectivity index (χ3v) is 3.10. The van der Waals surface area contributed by atoms with E-state index in [1.165, 1.54) is 11.8 Å². The first-order chi connectivity index (χ1) is 8.74. The molecule has 2 aromatic rings. The van der Waals surface area contributed by atoms with Gasteiger partial charge in [0.2, 0.25) is 0 Å². The van der Waals surface area contributed by atoms with Gasteiger partial charge in [-0.2, -0.15) is 10.2 Å². The van der Waals surface area contributed by atoms with Crippen molar-refractivity contribution in [3.8, 4) is 0 Å². The molecular formula is C10H10Cl2N4OS. The number of halogens is 2. The second-order valence-electron chi connectivity index (χ2n) is 2.81. The Morgan fingerprint density at radius 2 is 1.78 bits per heavy atom. The van der Waals surface area contributed by atoms with Crippen LogP contribution in [0.5, 0.6) is 0 Å². The number of hydrogen-bond acceptors (Lipinski definition) is 6. The van der Waals surface area contributed by atoms with E-state index >= 15 is 0 Å². The summed E-state index contributed by atoms with van der Waals surface area (Å²) in [5.41, 5.74) is 0. The van der Waals surface area contributed by atoms with Crippen molar-refractivity contribution in [2.75, 3.05) is 12.4 Å². The molecule has 8 heteroatoms. The Kier molecular flexibility index (Phi) is 7.59. The smallest absolute Gasteiger partial charge is 0.165 e. The van der Waals surface area contributed by atoms with Crippen molar-refractivity contribution in [3.63, 3.8) is 0 Å². The summed E-state index contributed by atoms with van der Waals surface area (Å²) < 4.78 is 0. The van der Waals surface area contributed by atoms with Crippen LogP contribution in [0.15, 0.2) is 35.5 Å². The number of nitrogens with zero attached hydrogens (tertiary/aromatic N) is 4. The fourth-order valence-electron chi connectivity index (χ4n) is 0.848. The van der Waals surface area contributed by atoms with Gasteiger partial charge in [0.05, 0.1) is 6.61 Å². The van der Waals surface area contributed by atoms with Crippen LogP contribution in [-0.4, -0.2) is 37.9 Å². The molecule has 0 atom stereocenters. The van der Waals surface area contributed by atoms with Crippen molar-refractivity contribution < 1.29 is 5.11 Å². The van der Waals surface area contributed by atoms with Crippen LogP contribution in [-0.2, 0) is 0 Å². The van der Waals surface area contributed by atoms with Crippen molar-refractivity contribution in [1.82, 2.24) is 20.4 Å². The largest absolute Gasteiger partial charge is 0.396 e. The lowest BCUT2D eigenvalue weighted by molar-refractivity contribution is 0.322. The minimum Gasteiger partial charge on any atom is -0.396 e. The lowest BCUT2D eigenvalue weighted by Crippen LogP contribution is -1.89. The maximum absolute atomic E-state index is 8.55. The zero-order valence-corrected chi connectivity index (χ0v) is 11.5. The zero-order chi connectivity index (χ0) is 13.2. The molecule has 0 saturated heterocycles. The Labute approximate surface area is 119 Å². The van der Waals surface area contributed by atoms with Gasteiger partial charge < -0.3 is 5.11 Å². The number of aliphatic hydroxyl groups is 1. The van der Waals surface area contributed by atoms with E-state index in [-0.39, 0.29) is 6.61 Å². The van der Waals surface area contributed by atoms with Crippen LogP contribution < -0.4 is 0 Å². The first-order valence-corrected chi connectivity index (χ1v) is 6.62. The van der Waals surface area contributed by atoms with Crippen molar-refractivity contribution in [2.24, 2.45) is 0 Å². The highest BCUT2D eigenvalue weighted by Crippen LogP contribution is 2.25. The molecule has 2 heterocycles. The number of hydrogen-bond donors (Lipinski definition) is 1. The number of aromatic nitrogens is 4. The van der Waals surface area contributed by atoms with Crippen LogP contribution in [0, 0.1) is 0 Å². The number of rotatable bonds is 3. The minimum absolute atomic E-state index is 0.0982. The van der Waals surface area contributed by atoms with Gasteiger partial charge in [0.15, 0.2) is 10.3 Å². The quantitative estimate of drug-likeness (QED) is 0.878. The highest BCUT2D eigenvalue weighted by atomic mass is 35.5. The van der Waals surface area contributed by atoms with Crippen LogP contribution in [0.4, 0.5) is 0 Å². The summed E-state index contributed by atoms with van der Waals surface area (Å²) in [4.78, 5) is 0.741. The molecule has 0 aromatic carbocycles. The molecule has 96 valence electrons. The molecule has 0 amide bonds. The highest BCUT2D eigenvalue weighted by Gasteiger charge is 2.03. The van der Waals surface area contributed by atoms with Gasteiger partial charge >= 0.3 is 0 Å². The molecule has 5 nitrogen and oxygen atoms in total.